The molecule has 1 atom stereocenters. The van der Waals surface area contributed by atoms with Gasteiger partial charge in [0, 0.05) is 23.2 Å². The highest BCUT2D eigenvalue weighted by molar-refractivity contribution is 6.31. The van der Waals surface area contributed by atoms with E-state index in [-0.39, 0.29) is 5.75 Å². The van der Waals surface area contributed by atoms with Crippen LogP contribution in [0.1, 0.15) is 39.2 Å². The number of phenolic OH excluding ortho intramolecular Hbond substituents is 1. The zero-order chi connectivity index (χ0) is 12.8. The van der Waals surface area contributed by atoms with Crippen molar-refractivity contribution < 1.29 is 5.11 Å². The Morgan fingerprint density at radius 2 is 1.94 bits per heavy atom. The third-order valence-electron chi connectivity index (χ3n) is 3.45. The number of phenols is 1. The Morgan fingerprint density at radius 1 is 1.29 bits per heavy atom. The van der Waals surface area contributed by atoms with E-state index in [1.807, 2.05) is 0 Å². The van der Waals surface area contributed by atoms with Gasteiger partial charge in [0.25, 0.3) is 0 Å². The highest BCUT2D eigenvalue weighted by atomic mass is 35.5. The van der Waals surface area contributed by atoms with Gasteiger partial charge < -0.3 is 10.4 Å². The average molecular weight is 256 g/mol. The summed E-state index contributed by atoms with van der Waals surface area (Å²) in [5.74, 6) is 0.932. The van der Waals surface area contributed by atoms with Crippen molar-refractivity contribution in [3.8, 4) is 5.75 Å². The molecule has 0 radical (unpaired) electrons. The summed E-state index contributed by atoms with van der Waals surface area (Å²) in [6.07, 6.45) is 2.33. The topological polar surface area (TPSA) is 32.3 Å². The van der Waals surface area contributed by atoms with E-state index >= 15 is 0 Å². The predicted molar refractivity (Wildman–Crippen MR) is 73.5 cm³/mol. The Bertz CT molecular complexity index is 330. The zero-order valence-electron chi connectivity index (χ0n) is 10.8. The summed E-state index contributed by atoms with van der Waals surface area (Å²) in [7, 11) is 0. The molecule has 0 saturated heterocycles. The Kier molecular flexibility index (Phi) is 5.79. The molecule has 0 bridgehead atoms. The molecule has 96 valence electrons. The van der Waals surface area contributed by atoms with E-state index in [0.29, 0.717) is 23.5 Å². The largest absolute Gasteiger partial charge is 0.508 e. The predicted octanol–water partition coefficient (Wildman–Crippen LogP) is 3.96. The molecule has 2 nitrogen and oxygen atoms in total. The van der Waals surface area contributed by atoms with Crippen LogP contribution in [0.5, 0.6) is 5.75 Å². The Labute approximate surface area is 109 Å². The minimum absolute atomic E-state index is 0.266. The Hall–Kier alpha value is -0.730. The monoisotopic (exact) mass is 255 g/mol. The molecule has 0 aliphatic heterocycles. The lowest BCUT2D eigenvalue weighted by Gasteiger charge is -2.23. The molecule has 0 heterocycles. The normalized spacial score (nSPS) is 13.0. The Balaban J connectivity index is 2.61. The Morgan fingerprint density at radius 3 is 2.47 bits per heavy atom. The molecule has 1 unspecified atom stereocenters. The van der Waals surface area contributed by atoms with E-state index in [2.05, 4.69) is 26.1 Å². The summed E-state index contributed by atoms with van der Waals surface area (Å²) >= 11 is 6.06. The number of halogens is 1. The zero-order valence-corrected chi connectivity index (χ0v) is 11.6. The van der Waals surface area contributed by atoms with Crippen LogP contribution in [0.25, 0.3) is 0 Å². The van der Waals surface area contributed by atoms with E-state index in [0.717, 1.165) is 5.56 Å². The van der Waals surface area contributed by atoms with E-state index in [9.17, 15) is 5.11 Å². The highest BCUT2D eigenvalue weighted by Crippen LogP contribution is 2.25. The number of aromatic hydroxyl groups is 1. The average Bonchev–Trinajstić information content (AvgIpc) is 2.30. The summed E-state index contributed by atoms with van der Waals surface area (Å²) in [5.41, 5.74) is 0.784. The molecule has 0 spiro atoms. The molecule has 0 fully saturated rings. The van der Waals surface area contributed by atoms with Gasteiger partial charge in [-0.1, -0.05) is 44.4 Å². The van der Waals surface area contributed by atoms with Crippen molar-refractivity contribution >= 4 is 11.6 Å². The van der Waals surface area contributed by atoms with Crippen molar-refractivity contribution in [2.24, 2.45) is 5.92 Å². The molecule has 2 N–H and O–H groups in total. The van der Waals surface area contributed by atoms with Crippen LogP contribution < -0.4 is 5.32 Å². The van der Waals surface area contributed by atoms with Gasteiger partial charge >= 0.3 is 0 Å². The fraction of sp³-hybridized carbons (Fsp3) is 0.571. The maximum atomic E-state index is 9.73. The number of rotatable bonds is 6. The number of benzene rings is 1. The highest BCUT2D eigenvalue weighted by Gasteiger charge is 2.14. The smallest absolute Gasteiger partial charge is 0.121 e. The van der Waals surface area contributed by atoms with Crippen molar-refractivity contribution in [1.29, 1.82) is 0 Å². The summed E-state index contributed by atoms with van der Waals surface area (Å²) in [5, 5.41) is 13.8. The van der Waals surface area contributed by atoms with Gasteiger partial charge in [0.1, 0.15) is 5.75 Å². The van der Waals surface area contributed by atoms with Crippen LogP contribution >= 0.6 is 11.6 Å². The van der Waals surface area contributed by atoms with E-state index in [4.69, 9.17) is 11.6 Å². The first-order valence-corrected chi connectivity index (χ1v) is 6.67. The molecule has 0 aliphatic rings. The van der Waals surface area contributed by atoms with Crippen molar-refractivity contribution in [1.82, 2.24) is 5.32 Å². The number of hydrogen-bond acceptors (Lipinski definition) is 2. The first kappa shape index (κ1) is 14.3. The summed E-state index contributed by atoms with van der Waals surface area (Å²) in [6, 6.07) is 5.66. The van der Waals surface area contributed by atoms with Crippen LogP contribution in [0.2, 0.25) is 5.02 Å². The first-order chi connectivity index (χ1) is 8.10. The third-order valence-corrected chi connectivity index (χ3v) is 3.80. The summed E-state index contributed by atoms with van der Waals surface area (Å²) < 4.78 is 0. The molecule has 0 amide bonds. The molecule has 1 rings (SSSR count). The van der Waals surface area contributed by atoms with Crippen molar-refractivity contribution in [2.75, 3.05) is 0 Å². The van der Waals surface area contributed by atoms with Crippen molar-refractivity contribution in [2.45, 2.75) is 46.2 Å². The van der Waals surface area contributed by atoms with Crippen molar-refractivity contribution in [3.63, 3.8) is 0 Å². The van der Waals surface area contributed by atoms with Crippen LogP contribution in [-0.2, 0) is 6.54 Å². The maximum absolute atomic E-state index is 9.73. The van der Waals surface area contributed by atoms with Gasteiger partial charge in [-0.15, -0.1) is 0 Å². The van der Waals surface area contributed by atoms with Gasteiger partial charge in [0.05, 0.1) is 0 Å². The minimum atomic E-state index is 0.266. The van der Waals surface area contributed by atoms with Crippen LogP contribution in [0, 0.1) is 5.92 Å². The SMILES string of the molecule is CCC(CC)C(C)NCc1c(O)cccc1Cl. The van der Waals surface area contributed by atoms with E-state index in [1.54, 1.807) is 18.2 Å². The second-order valence-corrected chi connectivity index (χ2v) is 4.89. The second-order valence-electron chi connectivity index (χ2n) is 4.48. The lowest BCUT2D eigenvalue weighted by Crippen LogP contribution is -2.32. The molecule has 1 aromatic rings. The fourth-order valence-electron chi connectivity index (χ4n) is 2.15. The van der Waals surface area contributed by atoms with Crippen LogP contribution in [-0.4, -0.2) is 11.1 Å². The molecular formula is C14H22ClNO. The van der Waals surface area contributed by atoms with Gasteiger partial charge in [-0.3, -0.25) is 0 Å². The van der Waals surface area contributed by atoms with Gasteiger partial charge in [0.15, 0.2) is 0 Å². The van der Waals surface area contributed by atoms with Crippen LogP contribution in [0.4, 0.5) is 0 Å². The lowest BCUT2D eigenvalue weighted by atomic mass is 9.95. The van der Waals surface area contributed by atoms with Gasteiger partial charge in [-0.05, 0) is 25.0 Å². The van der Waals surface area contributed by atoms with E-state index < -0.39 is 0 Å². The summed E-state index contributed by atoms with van der Waals surface area (Å²) in [6.45, 7) is 7.22. The number of nitrogens with one attached hydrogen (secondary N) is 1. The fourth-order valence-corrected chi connectivity index (χ4v) is 2.38. The lowest BCUT2D eigenvalue weighted by molar-refractivity contribution is 0.350. The molecule has 0 aliphatic carbocycles. The third kappa shape index (κ3) is 3.90. The van der Waals surface area contributed by atoms with E-state index in [1.165, 1.54) is 12.8 Å². The molecule has 0 saturated carbocycles. The van der Waals surface area contributed by atoms with Gasteiger partial charge in [-0.25, -0.2) is 0 Å². The second kappa shape index (κ2) is 6.87. The quantitative estimate of drug-likeness (QED) is 0.807. The molecule has 3 heteroatoms. The molecular weight excluding hydrogens is 234 g/mol. The van der Waals surface area contributed by atoms with Gasteiger partial charge in [0.2, 0.25) is 0 Å². The minimum Gasteiger partial charge on any atom is -0.508 e. The van der Waals surface area contributed by atoms with Crippen molar-refractivity contribution in [3.05, 3.63) is 28.8 Å². The summed E-state index contributed by atoms with van der Waals surface area (Å²) in [4.78, 5) is 0. The van der Waals surface area contributed by atoms with Gasteiger partial charge in [-0.2, -0.15) is 0 Å². The molecule has 1 aromatic carbocycles. The van der Waals surface area contributed by atoms with Crippen LogP contribution in [0.3, 0.4) is 0 Å². The first-order valence-electron chi connectivity index (χ1n) is 6.29. The molecule has 17 heavy (non-hydrogen) atoms. The molecule has 0 aromatic heterocycles. The van der Waals surface area contributed by atoms with Crippen LogP contribution in [0.15, 0.2) is 18.2 Å². The standard InChI is InChI=1S/C14H22ClNO/c1-4-11(5-2)10(3)16-9-12-13(15)7-6-8-14(12)17/h6-8,10-11,16-17H,4-5,9H2,1-3H3. The maximum Gasteiger partial charge on any atom is 0.121 e. The number of hydrogen-bond donors (Lipinski definition) is 2.